The second-order valence-electron chi connectivity index (χ2n) is 7.91. The summed E-state index contributed by atoms with van der Waals surface area (Å²) in [5.74, 6) is 0.337. The van der Waals surface area contributed by atoms with Gasteiger partial charge in [0.2, 0.25) is 5.88 Å². The summed E-state index contributed by atoms with van der Waals surface area (Å²) in [6.07, 6.45) is 0. The second kappa shape index (κ2) is 10.8. The normalized spacial score (nSPS) is 11.6. The summed E-state index contributed by atoms with van der Waals surface area (Å²) in [4.78, 5) is 24.9. The van der Waals surface area contributed by atoms with Crippen LogP contribution in [0.4, 0.5) is 0 Å². The Morgan fingerprint density at radius 3 is 2.38 bits per heavy atom. The molecule has 1 heterocycles. The van der Waals surface area contributed by atoms with Gasteiger partial charge in [0, 0.05) is 29.3 Å². The van der Waals surface area contributed by atoms with E-state index in [1.807, 2.05) is 42.5 Å². The third-order valence-electron chi connectivity index (χ3n) is 5.39. The molecule has 0 bridgehead atoms. The van der Waals surface area contributed by atoms with Crippen LogP contribution in [0, 0.1) is 0 Å². The van der Waals surface area contributed by atoms with Gasteiger partial charge >= 0.3 is 0 Å². The highest BCUT2D eigenvalue weighted by molar-refractivity contribution is 6.30. The molecular formula is C27H24ClN3O3. The molecule has 1 amide bonds. The smallest absolute Gasteiger partial charge is 0.271 e. The molecule has 0 unspecified atom stereocenters. The first-order valence-corrected chi connectivity index (χ1v) is 11.3. The maximum Gasteiger partial charge on any atom is 0.271 e. The minimum absolute atomic E-state index is 0.172. The monoisotopic (exact) mass is 473 g/mol. The SMILES string of the molecule is C[C@@H](CNC(=O)c1ccc(-n2nc(OCc3ccc(Cl)cc3)ccc2=O)cc1)c1ccccc1. The minimum atomic E-state index is -0.298. The summed E-state index contributed by atoms with van der Waals surface area (Å²) in [5, 5.41) is 7.91. The Bertz CT molecular complexity index is 1300. The van der Waals surface area contributed by atoms with Crippen molar-refractivity contribution in [3.05, 3.63) is 123 Å². The van der Waals surface area contributed by atoms with Gasteiger partial charge in [-0.3, -0.25) is 9.59 Å². The van der Waals surface area contributed by atoms with Crippen molar-refractivity contribution in [1.82, 2.24) is 15.1 Å². The third-order valence-corrected chi connectivity index (χ3v) is 5.64. The zero-order valence-corrected chi connectivity index (χ0v) is 19.4. The standard InChI is InChI=1S/C27H24ClN3O3/c1-19(21-5-3-2-4-6-21)17-29-27(33)22-9-13-24(14-10-22)31-26(32)16-15-25(30-31)34-18-20-7-11-23(28)12-8-20/h2-16,19H,17-18H2,1H3,(H,29,33)/t19-/m0/s1. The molecule has 1 atom stereocenters. The van der Waals surface area contributed by atoms with E-state index in [-0.39, 0.29) is 17.4 Å². The molecule has 0 saturated carbocycles. The van der Waals surface area contributed by atoms with Gasteiger partial charge in [0.25, 0.3) is 11.5 Å². The third kappa shape index (κ3) is 5.91. The van der Waals surface area contributed by atoms with Crippen molar-refractivity contribution in [3.8, 4) is 11.6 Å². The molecule has 0 aliphatic rings. The van der Waals surface area contributed by atoms with E-state index in [1.54, 1.807) is 36.4 Å². The molecule has 34 heavy (non-hydrogen) atoms. The van der Waals surface area contributed by atoms with Gasteiger partial charge in [-0.25, -0.2) is 0 Å². The summed E-state index contributed by atoms with van der Waals surface area (Å²) < 4.78 is 6.97. The molecule has 1 aromatic heterocycles. The quantitative estimate of drug-likeness (QED) is 0.391. The van der Waals surface area contributed by atoms with Crippen molar-refractivity contribution in [2.24, 2.45) is 0 Å². The highest BCUT2D eigenvalue weighted by Gasteiger charge is 2.11. The van der Waals surface area contributed by atoms with Crippen LogP contribution >= 0.6 is 11.6 Å². The number of carbonyl (C=O) groups excluding carboxylic acids is 1. The van der Waals surface area contributed by atoms with E-state index in [9.17, 15) is 9.59 Å². The summed E-state index contributed by atoms with van der Waals surface area (Å²) in [6.45, 7) is 2.89. The fourth-order valence-corrected chi connectivity index (χ4v) is 3.52. The van der Waals surface area contributed by atoms with E-state index in [0.29, 0.717) is 35.3 Å². The van der Waals surface area contributed by atoms with Gasteiger partial charge in [-0.15, -0.1) is 5.10 Å². The predicted octanol–water partition coefficient (Wildman–Crippen LogP) is 5.00. The van der Waals surface area contributed by atoms with Crippen molar-refractivity contribution in [2.75, 3.05) is 6.54 Å². The Labute approximate surface area is 202 Å². The minimum Gasteiger partial charge on any atom is -0.472 e. The number of carbonyl (C=O) groups is 1. The Hall–Kier alpha value is -3.90. The van der Waals surface area contributed by atoms with Gasteiger partial charge in [0.15, 0.2) is 0 Å². The van der Waals surface area contributed by atoms with Crippen LogP contribution in [0.5, 0.6) is 5.88 Å². The van der Waals surface area contributed by atoms with Gasteiger partial charge in [0.1, 0.15) is 6.61 Å². The molecule has 1 N–H and O–H groups in total. The van der Waals surface area contributed by atoms with E-state index in [4.69, 9.17) is 16.3 Å². The molecule has 4 rings (SSSR count). The van der Waals surface area contributed by atoms with Crippen molar-refractivity contribution >= 4 is 17.5 Å². The maximum atomic E-state index is 12.6. The lowest BCUT2D eigenvalue weighted by atomic mass is 10.0. The highest BCUT2D eigenvalue weighted by atomic mass is 35.5. The maximum absolute atomic E-state index is 12.6. The molecule has 0 radical (unpaired) electrons. The largest absolute Gasteiger partial charge is 0.472 e. The van der Waals surface area contributed by atoms with Crippen LogP contribution in [0.3, 0.4) is 0 Å². The van der Waals surface area contributed by atoms with Crippen LogP contribution in [-0.4, -0.2) is 22.2 Å². The zero-order chi connectivity index (χ0) is 23.9. The molecule has 3 aromatic carbocycles. The van der Waals surface area contributed by atoms with Crippen LogP contribution in [0.2, 0.25) is 5.02 Å². The first-order chi connectivity index (χ1) is 16.5. The zero-order valence-electron chi connectivity index (χ0n) is 18.6. The van der Waals surface area contributed by atoms with Gasteiger partial charge in [-0.1, -0.05) is 61.0 Å². The first-order valence-electron chi connectivity index (χ1n) is 10.9. The number of benzene rings is 3. The predicted molar refractivity (Wildman–Crippen MR) is 133 cm³/mol. The molecule has 6 nitrogen and oxygen atoms in total. The second-order valence-corrected chi connectivity index (χ2v) is 8.34. The lowest BCUT2D eigenvalue weighted by Gasteiger charge is -2.13. The number of nitrogens with one attached hydrogen (secondary N) is 1. The molecule has 0 aliphatic heterocycles. The summed E-state index contributed by atoms with van der Waals surface area (Å²) >= 11 is 5.91. The van der Waals surface area contributed by atoms with Crippen molar-refractivity contribution < 1.29 is 9.53 Å². The number of hydrogen-bond donors (Lipinski definition) is 1. The summed E-state index contributed by atoms with van der Waals surface area (Å²) in [6, 6.07) is 27.0. The molecule has 0 spiro atoms. The summed E-state index contributed by atoms with van der Waals surface area (Å²) in [5.41, 5.74) is 2.85. The Morgan fingerprint density at radius 1 is 0.971 bits per heavy atom. The van der Waals surface area contributed by atoms with Crippen molar-refractivity contribution in [3.63, 3.8) is 0 Å². The molecule has 0 aliphatic carbocycles. The number of amides is 1. The average molecular weight is 474 g/mol. The molecule has 7 heteroatoms. The lowest BCUT2D eigenvalue weighted by Crippen LogP contribution is -2.27. The molecule has 172 valence electrons. The highest BCUT2D eigenvalue weighted by Crippen LogP contribution is 2.15. The molecule has 4 aromatic rings. The topological polar surface area (TPSA) is 73.2 Å². The van der Waals surface area contributed by atoms with Crippen molar-refractivity contribution in [1.29, 1.82) is 0 Å². The fourth-order valence-electron chi connectivity index (χ4n) is 3.40. The fraction of sp³-hybridized carbons (Fsp3) is 0.148. The number of rotatable bonds is 8. The van der Waals surface area contributed by atoms with Gasteiger partial charge in [-0.2, -0.15) is 4.68 Å². The number of nitrogens with zero attached hydrogens (tertiary/aromatic N) is 2. The lowest BCUT2D eigenvalue weighted by molar-refractivity contribution is 0.0951. The van der Waals surface area contributed by atoms with Crippen LogP contribution < -0.4 is 15.6 Å². The number of ether oxygens (including phenoxy) is 1. The van der Waals surface area contributed by atoms with Gasteiger partial charge in [0.05, 0.1) is 5.69 Å². The van der Waals surface area contributed by atoms with Crippen LogP contribution in [-0.2, 0) is 6.61 Å². The van der Waals surface area contributed by atoms with Crippen LogP contribution in [0.15, 0.2) is 95.8 Å². The Balaban J connectivity index is 1.40. The number of hydrogen-bond acceptors (Lipinski definition) is 4. The van der Waals surface area contributed by atoms with Gasteiger partial charge < -0.3 is 10.1 Å². The molecular weight excluding hydrogens is 450 g/mol. The first kappa shape index (κ1) is 23.3. The van der Waals surface area contributed by atoms with E-state index >= 15 is 0 Å². The summed E-state index contributed by atoms with van der Waals surface area (Å²) in [7, 11) is 0. The number of halogens is 1. The van der Waals surface area contributed by atoms with E-state index < -0.39 is 0 Å². The van der Waals surface area contributed by atoms with Crippen molar-refractivity contribution in [2.45, 2.75) is 19.4 Å². The average Bonchev–Trinajstić information content (AvgIpc) is 2.88. The Morgan fingerprint density at radius 2 is 1.68 bits per heavy atom. The van der Waals surface area contributed by atoms with Gasteiger partial charge in [-0.05, 0) is 53.4 Å². The van der Waals surface area contributed by atoms with E-state index in [1.165, 1.54) is 22.4 Å². The molecule has 0 fully saturated rings. The van der Waals surface area contributed by atoms with E-state index in [0.717, 1.165) is 5.56 Å². The number of aromatic nitrogens is 2. The van der Waals surface area contributed by atoms with Crippen LogP contribution in [0.1, 0.15) is 34.3 Å². The molecule has 0 saturated heterocycles. The van der Waals surface area contributed by atoms with Crippen LogP contribution in [0.25, 0.3) is 5.69 Å². The Kier molecular flexibility index (Phi) is 7.40. The van der Waals surface area contributed by atoms with E-state index in [2.05, 4.69) is 17.3 Å².